The number of benzene rings is 2. The molecule has 0 radical (unpaired) electrons. The van der Waals surface area contributed by atoms with E-state index in [9.17, 15) is 10.0 Å². The van der Waals surface area contributed by atoms with E-state index in [1.54, 1.807) is 27.0 Å². The van der Waals surface area contributed by atoms with E-state index < -0.39 is 29.1 Å². The lowest BCUT2D eigenvalue weighted by atomic mass is 10.1. The topological polar surface area (TPSA) is 112 Å². The van der Waals surface area contributed by atoms with Crippen LogP contribution in [0.5, 0.6) is 0 Å². The predicted octanol–water partition coefficient (Wildman–Crippen LogP) is 4.39. The van der Waals surface area contributed by atoms with Crippen LogP contribution in [0.25, 0.3) is 0 Å². The average molecular weight is 643 g/mol. The summed E-state index contributed by atoms with van der Waals surface area (Å²) in [6.45, 7) is 8.54. The molecule has 3 aromatic rings. The molecule has 4 heterocycles. The summed E-state index contributed by atoms with van der Waals surface area (Å²) >= 11 is 0. The van der Waals surface area contributed by atoms with Crippen LogP contribution in [0.1, 0.15) is 44.1 Å². The lowest BCUT2D eigenvalue weighted by Gasteiger charge is -2.38. The SMILES string of the molecule is CC(C)(C)OC(=O)C[N+]([O-])(CCCN1CCOCC1)OC1=C(Cc2ccco2)NC2C(Cc3ccccc3)=NC(c3ccccc3)=[N+]12. The summed E-state index contributed by atoms with van der Waals surface area (Å²) in [6, 6.07) is 23.7. The van der Waals surface area contributed by atoms with Gasteiger partial charge in [-0.3, -0.25) is 9.74 Å². The number of hydroxylamine groups is 4. The summed E-state index contributed by atoms with van der Waals surface area (Å²) in [4.78, 5) is 25.9. The highest BCUT2D eigenvalue weighted by atomic mass is 16.9. The number of hydrogen-bond donors (Lipinski definition) is 1. The van der Waals surface area contributed by atoms with Crippen molar-refractivity contribution in [1.29, 1.82) is 0 Å². The van der Waals surface area contributed by atoms with Crippen LogP contribution >= 0.6 is 0 Å². The van der Waals surface area contributed by atoms with E-state index in [1.165, 1.54) is 0 Å². The number of nitrogens with zero attached hydrogens (tertiary/aromatic N) is 4. The Morgan fingerprint density at radius 1 is 1.04 bits per heavy atom. The first kappa shape index (κ1) is 32.6. The van der Waals surface area contributed by atoms with Crippen LogP contribution < -0.4 is 5.32 Å². The molecular weight excluding hydrogens is 598 g/mol. The zero-order chi connectivity index (χ0) is 32.9. The molecule has 0 bridgehead atoms. The maximum atomic E-state index is 14.8. The highest BCUT2D eigenvalue weighted by Crippen LogP contribution is 2.31. The number of quaternary nitrogens is 1. The molecule has 3 aliphatic heterocycles. The fourth-order valence-electron chi connectivity index (χ4n) is 6.05. The Hall–Kier alpha value is -4.29. The number of carbonyl (C=O) groups excluding carboxylic acids is 1. The number of amidine groups is 1. The standard InChI is InChI=1S/C36H44N5O6/c1-36(2,3)46-32(42)26-41(43,20-11-17-39-18-22-44-23-19-39)47-35-31(25-29-16-10-21-45-29)38-34-30(24-27-12-6-4-7-13-27)37-33(40(34)35)28-14-8-5-9-15-28/h4-10,12-16,21,34,38H,11,17-20,22-26H2,1-3H3/q+1. The number of hydrogen-bond acceptors (Lipinski definition) is 9. The number of carbonyl (C=O) groups is 1. The maximum Gasteiger partial charge on any atom is 0.367 e. The molecule has 1 saturated heterocycles. The van der Waals surface area contributed by atoms with E-state index in [0.29, 0.717) is 62.2 Å². The molecule has 11 heteroatoms. The molecule has 1 aromatic heterocycles. The van der Waals surface area contributed by atoms with E-state index in [2.05, 4.69) is 22.3 Å². The number of esters is 1. The van der Waals surface area contributed by atoms with Gasteiger partial charge in [-0.1, -0.05) is 48.5 Å². The third kappa shape index (κ3) is 8.36. The first-order valence-electron chi connectivity index (χ1n) is 16.3. The third-order valence-electron chi connectivity index (χ3n) is 8.15. The minimum Gasteiger partial charge on any atom is -0.589 e. The molecule has 248 valence electrons. The monoisotopic (exact) mass is 642 g/mol. The second-order valence-corrected chi connectivity index (χ2v) is 13.1. The molecule has 0 saturated carbocycles. The van der Waals surface area contributed by atoms with Gasteiger partial charge in [0.15, 0.2) is 5.71 Å². The molecule has 1 N–H and O–H groups in total. The first-order valence-corrected chi connectivity index (χ1v) is 16.3. The molecule has 11 nitrogen and oxygen atoms in total. The summed E-state index contributed by atoms with van der Waals surface area (Å²) in [6.07, 6.45) is 2.71. The number of fused-ring (bicyclic) bond motifs is 1. The highest BCUT2D eigenvalue weighted by molar-refractivity contribution is 6.09. The van der Waals surface area contributed by atoms with Crippen LogP contribution in [-0.2, 0) is 31.9 Å². The molecule has 2 atom stereocenters. The Kier molecular flexibility index (Phi) is 9.88. The molecule has 1 fully saturated rings. The molecule has 2 aromatic carbocycles. The minimum atomic E-state index is -1.24. The zero-order valence-corrected chi connectivity index (χ0v) is 27.4. The number of furan rings is 1. The quantitative estimate of drug-likeness (QED) is 0.127. The van der Waals surface area contributed by atoms with Crippen molar-refractivity contribution < 1.29 is 32.9 Å². The van der Waals surface area contributed by atoms with Gasteiger partial charge in [0.1, 0.15) is 23.6 Å². The average Bonchev–Trinajstić information content (AvgIpc) is 3.76. The second-order valence-electron chi connectivity index (χ2n) is 13.1. The summed E-state index contributed by atoms with van der Waals surface area (Å²) in [5, 5.41) is 18.4. The number of morpholine rings is 1. The minimum absolute atomic E-state index is 0.0467. The number of ether oxygens (including phenoxy) is 2. The van der Waals surface area contributed by atoms with E-state index in [0.717, 1.165) is 29.9 Å². The van der Waals surface area contributed by atoms with Gasteiger partial charge in [-0.2, -0.15) is 9.39 Å². The van der Waals surface area contributed by atoms with Gasteiger partial charge in [0.2, 0.25) is 12.7 Å². The molecule has 0 spiro atoms. The van der Waals surface area contributed by atoms with Gasteiger partial charge in [-0.15, -0.1) is 0 Å². The van der Waals surface area contributed by atoms with Crippen molar-refractivity contribution in [2.45, 2.75) is 51.8 Å². The molecule has 6 rings (SSSR count). The Morgan fingerprint density at radius 3 is 2.45 bits per heavy atom. The van der Waals surface area contributed by atoms with Gasteiger partial charge in [-0.25, -0.2) is 4.79 Å². The maximum absolute atomic E-state index is 14.8. The summed E-state index contributed by atoms with van der Waals surface area (Å²) in [7, 11) is 0. The van der Waals surface area contributed by atoms with Crippen molar-refractivity contribution in [2.75, 3.05) is 45.9 Å². The van der Waals surface area contributed by atoms with E-state index in [-0.39, 0.29) is 6.54 Å². The normalized spacial score (nSPS) is 19.7. The Morgan fingerprint density at radius 2 is 1.77 bits per heavy atom. The molecule has 0 aliphatic carbocycles. The van der Waals surface area contributed by atoms with Crippen LogP contribution in [-0.4, -0.2) is 89.5 Å². The number of allylic oxidation sites excluding steroid dienone is 1. The first-order chi connectivity index (χ1) is 22.7. The highest BCUT2D eigenvalue weighted by Gasteiger charge is 2.50. The number of aliphatic imine (C=N–C) groups is 1. The lowest BCUT2D eigenvalue weighted by molar-refractivity contribution is -1.06. The Bertz CT molecular complexity index is 1610. The molecular formula is C36H44N5O6+. The largest absolute Gasteiger partial charge is 0.589 e. The van der Waals surface area contributed by atoms with Crippen molar-refractivity contribution in [3.05, 3.63) is 113 Å². The molecule has 2 unspecified atom stereocenters. The van der Waals surface area contributed by atoms with Gasteiger partial charge in [0.05, 0.1) is 31.5 Å². The molecule has 0 amide bonds. The predicted molar refractivity (Wildman–Crippen MR) is 177 cm³/mol. The van der Waals surface area contributed by atoms with Gasteiger partial charge < -0.3 is 24.4 Å². The Balaban J connectivity index is 1.36. The van der Waals surface area contributed by atoms with Gasteiger partial charge in [0, 0.05) is 32.5 Å². The Labute approximate surface area is 275 Å². The van der Waals surface area contributed by atoms with Crippen LogP contribution in [0, 0.1) is 5.21 Å². The summed E-state index contributed by atoms with van der Waals surface area (Å²) in [5.74, 6) is 1.07. The lowest BCUT2D eigenvalue weighted by Crippen LogP contribution is -2.50. The van der Waals surface area contributed by atoms with Crippen molar-refractivity contribution in [3.8, 4) is 0 Å². The number of nitrogens with one attached hydrogen (secondary N) is 1. The van der Waals surface area contributed by atoms with Crippen molar-refractivity contribution in [3.63, 3.8) is 0 Å². The molecule has 47 heavy (non-hydrogen) atoms. The zero-order valence-electron chi connectivity index (χ0n) is 27.4. The number of rotatable bonds is 13. The second kappa shape index (κ2) is 14.2. The fourth-order valence-corrected chi connectivity index (χ4v) is 6.05. The van der Waals surface area contributed by atoms with Crippen molar-refractivity contribution >= 4 is 17.5 Å². The van der Waals surface area contributed by atoms with Crippen LogP contribution in [0.15, 0.2) is 100 Å². The van der Waals surface area contributed by atoms with Crippen LogP contribution in [0.3, 0.4) is 0 Å². The fraction of sp³-hybridized carbons (Fsp3) is 0.417. The summed E-state index contributed by atoms with van der Waals surface area (Å²) < 4.78 is 18.8. The van der Waals surface area contributed by atoms with Crippen LogP contribution in [0.2, 0.25) is 0 Å². The third-order valence-corrected chi connectivity index (χ3v) is 8.15. The van der Waals surface area contributed by atoms with Crippen molar-refractivity contribution in [2.24, 2.45) is 4.99 Å². The van der Waals surface area contributed by atoms with Crippen molar-refractivity contribution in [1.82, 2.24) is 10.2 Å². The van der Waals surface area contributed by atoms with Gasteiger partial charge in [-0.05, 0) is 55.6 Å². The van der Waals surface area contributed by atoms with Crippen LogP contribution in [0.4, 0.5) is 0 Å². The summed E-state index contributed by atoms with van der Waals surface area (Å²) in [5.41, 5.74) is 2.81. The van der Waals surface area contributed by atoms with E-state index >= 15 is 0 Å². The smallest absolute Gasteiger partial charge is 0.367 e. The van der Waals surface area contributed by atoms with E-state index in [1.807, 2.05) is 65.2 Å². The van der Waals surface area contributed by atoms with Gasteiger partial charge >= 0.3 is 17.7 Å². The van der Waals surface area contributed by atoms with Gasteiger partial charge in [0.25, 0.3) is 0 Å². The molecule has 3 aliphatic rings. The van der Waals surface area contributed by atoms with E-state index in [4.69, 9.17) is 23.7 Å².